The van der Waals surface area contributed by atoms with E-state index < -0.39 is 0 Å². The molecule has 1 amide bonds. The molecule has 1 fully saturated rings. The van der Waals surface area contributed by atoms with Crippen molar-refractivity contribution >= 4 is 5.91 Å². The first-order valence-electron chi connectivity index (χ1n) is 8.57. The smallest absolute Gasteiger partial charge is 0.244 e. The molecule has 2 heterocycles. The summed E-state index contributed by atoms with van der Waals surface area (Å²) in [6.45, 7) is 3.61. The van der Waals surface area contributed by atoms with Crippen molar-refractivity contribution in [3.05, 3.63) is 53.9 Å². The van der Waals surface area contributed by atoms with Crippen molar-refractivity contribution in [2.24, 2.45) is 0 Å². The summed E-state index contributed by atoms with van der Waals surface area (Å²) in [5.41, 5.74) is 2.21. The molecule has 1 aliphatic heterocycles. The minimum absolute atomic E-state index is 0.180. The summed E-state index contributed by atoms with van der Waals surface area (Å²) in [5, 5.41) is 4.44. The highest BCUT2D eigenvalue weighted by molar-refractivity contribution is 5.83. The second kappa shape index (κ2) is 7.18. The van der Waals surface area contributed by atoms with E-state index in [2.05, 4.69) is 11.3 Å². The van der Waals surface area contributed by atoms with Gasteiger partial charge in [-0.1, -0.05) is 30.3 Å². The van der Waals surface area contributed by atoms with Gasteiger partial charge in [0, 0.05) is 19.3 Å². The summed E-state index contributed by atoms with van der Waals surface area (Å²) in [4.78, 5) is 17.2. The third-order valence-electron chi connectivity index (χ3n) is 4.68. The van der Waals surface area contributed by atoms with Crippen LogP contribution in [-0.4, -0.2) is 52.7 Å². The first kappa shape index (κ1) is 16.7. The van der Waals surface area contributed by atoms with Gasteiger partial charge in [0.05, 0.1) is 12.2 Å². The summed E-state index contributed by atoms with van der Waals surface area (Å²) in [7, 11) is 3.93. The van der Waals surface area contributed by atoms with Crippen LogP contribution < -0.4 is 0 Å². The number of likely N-dealkylation sites (tertiary alicyclic amines) is 1. The van der Waals surface area contributed by atoms with Gasteiger partial charge in [0.2, 0.25) is 5.91 Å². The molecule has 1 saturated heterocycles. The zero-order valence-corrected chi connectivity index (χ0v) is 14.7. The molecule has 0 unspecified atom stereocenters. The molecule has 0 spiro atoms. The van der Waals surface area contributed by atoms with Gasteiger partial charge in [0.25, 0.3) is 0 Å². The quantitative estimate of drug-likeness (QED) is 0.867. The number of carbonyl (C=O) groups is 1. The maximum absolute atomic E-state index is 13.2. The van der Waals surface area contributed by atoms with E-state index >= 15 is 0 Å². The number of benzene rings is 1. The van der Waals surface area contributed by atoms with Crippen LogP contribution in [0.15, 0.2) is 42.7 Å². The van der Waals surface area contributed by atoms with Crippen LogP contribution in [0.2, 0.25) is 0 Å². The lowest BCUT2D eigenvalue weighted by Gasteiger charge is -2.36. The van der Waals surface area contributed by atoms with Gasteiger partial charge in [-0.3, -0.25) is 14.4 Å². The molecule has 128 valence electrons. The Kier molecular flexibility index (Phi) is 5.00. The molecule has 2 atom stereocenters. The van der Waals surface area contributed by atoms with Crippen LogP contribution in [-0.2, 0) is 4.79 Å². The number of aryl methyl sites for hydroxylation is 1. The molecule has 5 heteroatoms. The maximum Gasteiger partial charge on any atom is 0.244 e. The number of carbonyl (C=O) groups excluding carboxylic acids is 1. The van der Waals surface area contributed by atoms with E-state index in [9.17, 15) is 4.79 Å². The fourth-order valence-electron chi connectivity index (χ4n) is 3.47. The molecule has 0 saturated carbocycles. The number of hydrogen-bond donors (Lipinski definition) is 0. The highest BCUT2D eigenvalue weighted by atomic mass is 16.2. The Balaban J connectivity index is 1.77. The predicted molar refractivity (Wildman–Crippen MR) is 94.7 cm³/mol. The third-order valence-corrected chi connectivity index (χ3v) is 4.68. The van der Waals surface area contributed by atoms with E-state index in [4.69, 9.17) is 0 Å². The molecule has 1 aromatic heterocycles. The number of aromatic nitrogens is 2. The average molecular weight is 326 g/mol. The van der Waals surface area contributed by atoms with Gasteiger partial charge in [0.15, 0.2) is 0 Å². The summed E-state index contributed by atoms with van der Waals surface area (Å²) >= 11 is 0. The molecule has 0 N–H and O–H groups in total. The van der Waals surface area contributed by atoms with Crippen molar-refractivity contribution in [2.75, 3.05) is 27.2 Å². The molecular weight excluding hydrogens is 300 g/mol. The largest absolute Gasteiger partial charge is 0.339 e. The number of rotatable bonds is 4. The highest BCUT2D eigenvalue weighted by Crippen LogP contribution is 2.26. The van der Waals surface area contributed by atoms with Crippen LogP contribution in [0.25, 0.3) is 0 Å². The van der Waals surface area contributed by atoms with Gasteiger partial charge in [-0.05, 0) is 45.0 Å². The number of nitrogens with zero attached hydrogens (tertiary/aromatic N) is 4. The Morgan fingerprint density at radius 1 is 1.29 bits per heavy atom. The van der Waals surface area contributed by atoms with Gasteiger partial charge in [-0.15, -0.1) is 0 Å². The van der Waals surface area contributed by atoms with Crippen molar-refractivity contribution in [1.82, 2.24) is 19.6 Å². The third kappa shape index (κ3) is 3.51. The lowest BCUT2D eigenvalue weighted by Crippen LogP contribution is -2.46. The van der Waals surface area contributed by atoms with Gasteiger partial charge < -0.3 is 4.90 Å². The fourth-order valence-corrected chi connectivity index (χ4v) is 3.47. The van der Waals surface area contributed by atoms with Gasteiger partial charge in [-0.25, -0.2) is 0 Å². The molecule has 1 aromatic carbocycles. The minimum atomic E-state index is -0.232. The fraction of sp³-hybridized carbons (Fsp3) is 0.474. The van der Waals surface area contributed by atoms with E-state index in [1.807, 2.05) is 72.0 Å². The lowest BCUT2D eigenvalue weighted by atomic mass is 10.0. The second-order valence-corrected chi connectivity index (χ2v) is 6.85. The van der Waals surface area contributed by atoms with E-state index in [1.165, 1.54) is 0 Å². The molecule has 3 rings (SSSR count). The van der Waals surface area contributed by atoms with Crippen LogP contribution in [0, 0.1) is 6.92 Å². The summed E-state index contributed by atoms with van der Waals surface area (Å²) < 4.78 is 2.02. The Labute approximate surface area is 143 Å². The van der Waals surface area contributed by atoms with E-state index in [1.54, 1.807) is 0 Å². The number of amides is 1. The second-order valence-electron chi connectivity index (χ2n) is 6.85. The van der Waals surface area contributed by atoms with Crippen LogP contribution in [0.1, 0.15) is 36.1 Å². The zero-order chi connectivity index (χ0) is 17.1. The number of hydrogen-bond acceptors (Lipinski definition) is 3. The summed E-state index contributed by atoms with van der Waals surface area (Å²) in [6, 6.07) is 10.1. The number of likely N-dealkylation sites (N-methyl/N-ethyl adjacent to an activating group) is 1. The van der Waals surface area contributed by atoms with Crippen molar-refractivity contribution in [3.63, 3.8) is 0 Å². The van der Waals surface area contributed by atoms with Gasteiger partial charge >= 0.3 is 0 Å². The lowest BCUT2D eigenvalue weighted by molar-refractivity contribution is -0.138. The summed E-state index contributed by atoms with van der Waals surface area (Å²) in [5.74, 6) is 0.180. The minimum Gasteiger partial charge on any atom is -0.339 e. The Morgan fingerprint density at radius 3 is 2.67 bits per heavy atom. The first-order valence-corrected chi connectivity index (χ1v) is 8.57. The SMILES string of the molecule is Cc1cnn([C@H]2CCCN(C(=O)[C@@H](c3ccccc3)N(C)C)C2)c1. The van der Waals surface area contributed by atoms with E-state index in [0.717, 1.165) is 37.1 Å². The Morgan fingerprint density at radius 2 is 2.04 bits per heavy atom. The van der Waals surface area contributed by atoms with Crippen LogP contribution in [0.4, 0.5) is 0 Å². The molecular formula is C19H26N4O. The predicted octanol–water partition coefficient (Wildman–Crippen LogP) is 2.66. The maximum atomic E-state index is 13.2. The molecule has 0 bridgehead atoms. The summed E-state index contributed by atoms with van der Waals surface area (Å²) in [6.07, 6.45) is 6.04. The topological polar surface area (TPSA) is 41.4 Å². The van der Waals surface area contributed by atoms with Crippen LogP contribution in [0.5, 0.6) is 0 Å². The number of piperidine rings is 1. The normalized spacial score (nSPS) is 19.5. The van der Waals surface area contributed by atoms with Crippen molar-refractivity contribution in [2.45, 2.75) is 31.8 Å². The zero-order valence-electron chi connectivity index (χ0n) is 14.7. The Bertz CT molecular complexity index is 680. The molecule has 0 radical (unpaired) electrons. The molecule has 0 aliphatic carbocycles. The van der Waals surface area contributed by atoms with Crippen LogP contribution in [0.3, 0.4) is 0 Å². The molecule has 1 aliphatic rings. The van der Waals surface area contributed by atoms with Gasteiger partial charge in [0.1, 0.15) is 6.04 Å². The van der Waals surface area contributed by atoms with Crippen molar-refractivity contribution in [3.8, 4) is 0 Å². The first-order chi connectivity index (χ1) is 11.6. The highest BCUT2D eigenvalue weighted by Gasteiger charge is 2.31. The van der Waals surface area contributed by atoms with E-state index in [-0.39, 0.29) is 18.0 Å². The van der Waals surface area contributed by atoms with Gasteiger partial charge in [-0.2, -0.15) is 5.10 Å². The van der Waals surface area contributed by atoms with Crippen molar-refractivity contribution < 1.29 is 4.79 Å². The molecule has 24 heavy (non-hydrogen) atoms. The van der Waals surface area contributed by atoms with E-state index in [0.29, 0.717) is 0 Å². The van der Waals surface area contributed by atoms with Crippen LogP contribution >= 0.6 is 0 Å². The standard InChI is InChI=1S/C19H26N4O/c1-15-12-20-23(13-15)17-10-7-11-22(14-17)19(24)18(21(2)3)16-8-5-4-6-9-16/h4-6,8-9,12-13,17-18H,7,10-11,14H2,1-3H3/t17-,18+/m0/s1. The Hall–Kier alpha value is -2.14. The average Bonchev–Trinajstić information content (AvgIpc) is 3.02. The molecule has 5 nitrogen and oxygen atoms in total. The molecule has 2 aromatic rings. The monoisotopic (exact) mass is 326 g/mol. The van der Waals surface area contributed by atoms with Crippen molar-refractivity contribution in [1.29, 1.82) is 0 Å².